The minimum atomic E-state index is -0.203. The summed E-state index contributed by atoms with van der Waals surface area (Å²) in [6.07, 6.45) is 3.72. The van der Waals surface area contributed by atoms with Crippen LogP contribution in [-0.4, -0.2) is 5.54 Å². The van der Waals surface area contributed by atoms with Gasteiger partial charge in [0.25, 0.3) is 0 Å². The summed E-state index contributed by atoms with van der Waals surface area (Å²) in [5.74, 6) is -0.203. The third kappa shape index (κ3) is 1.91. The Morgan fingerprint density at radius 3 is 2.71 bits per heavy atom. The average molecular weight is 214 g/mol. The van der Waals surface area contributed by atoms with E-state index in [1.807, 2.05) is 0 Å². The molecule has 0 radical (unpaired) electrons. The first-order chi connectivity index (χ1) is 6.59. The number of benzene rings is 1. The number of rotatable bonds is 2. The second-order valence-electron chi connectivity index (χ2n) is 4.13. The largest absolute Gasteiger partial charge is 0.325 e. The summed E-state index contributed by atoms with van der Waals surface area (Å²) in [7, 11) is 0. The lowest BCUT2D eigenvalue weighted by Gasteiger charge is -2.38. The van der Waals surface area contributed by atoms with Crippen LogP contribution in [-0.2, 0) is 6.42 Å². The molecule has 1 aromatic carbocycles. The number of hydrogen-bond donors (Lipinski definition) is 1. The van der Waals surface area contributed by atoms with Gasteiger partial charge in [0.2, 0.25) is 0 Å². The molecule has 0 bridgehead atoms. The van der Waals surface area contributed by atoms with Crippen LogP contribution in [0.25, 0.3) is 0 Å². The molecular weight excluding hydrogens is 201 g/mol. The van der Waals surface area contributed by atoms with Crippen molar-refractivity contribution in [3.63, 3.8) is 0 Å². The zero-order valence-electron chi connectivity index (χ0n) is 7.89. The van der Waals surface area contributed by atoms with Gasteiger partial charge in [-0.3, -0.25) is 0 Å². The van der Waals surface area contributed by atoms with Crippen molar-refractivity contribution in [3.8, 4) is 0 Å². The van der Waals surface area contributed by atoms with E-state index in [2.05, 4.69) is 0 Å². The summed E-state index contributed by atoms with van der Waals surface area (Å²) in [6, 6.07) is 4.63. The van der Waals surface area contributed by atoms with Gasteiger partial charge in [-0.2, -0.15) is 0 Å². The Bertz CT molecular complexity index is 347. The van der Waals surface area contributed by atoms with E-state index in [9.17, 15) is 4.39 Å². The van der Waals surface area contributed by atoms with Crippen molar-refractivity contribution >= 4 is 11.6 Å². The average Bonchev–Trinajstić information content (AvgIpc) is 2.09. The van der Waals surface area contributed by atoms with Gasteiger partial charge in [0, 0.05) is 10.6 Å². The van der Waals surface area contributed by atoms with Crippen LogP contribution in [0.5, 0.6) is 0 Å². The fourth-order valence-corrected chi connectivity index (χ4v) is 2.06. The van der Waals surface area contributed by atoms with Gasteiger partial charge in [-0.25, -0.2) is 4.39 Å². The lowest BCUT2D eigenvalue weighted by Crippen LogP contribution is -2.48. The lowest BCUT2D eigenvalue weighted by molar-refractivity contribution is 0.245. The monoisotopic (exact) mass is 213 g/mol. The van der Waals surface area contributed by atoms with Gasteiger partial charge in [-0.05, 0) is 49.4 Å². The normalized spacial score (nSPS) is 19.1. The van der Waals surface area contributed by atoms with Gasteiger partial charge in [-0.1, -0.05) is 11.6 Å². The molecule has 2 rings (SSSR count). The summed E-state index contributed by atoms with van der Waals surface area (Å²) < 4.78 is 13.3. The number of halogens is 2. The van der Waals surface area contributed by atoms with E-state index in [0.717, 1.165) is 19.3 Å². The molecule has 0 aliphatic heterocycles. The Labute approximate surface area is 88.1 Å². The van der Waals surface area contributed by atoms with Crippen molar-refractivity contribution in [1.82, 2.24) is 0 Å². The van der Waals surface area contributed by atoms with Crippen molar-refractivity contribution < 1.29 is 4.39 Å². The highest BCUT2D eigenvalue weighted by Crippen LogP contribution is 2.33. The molecule has 2 N–H and O–H groups in total. The Morgan fingerprint density at radius 2 is 2.14 bits per heavy atom. The second-order valence-corrected chi connectivity index (χ2v) is 4.56. The number of hydrogen-bond acceptors (Lipinski definition) is 1. The van der Waals surface area contributed by atoms with Crippen LogP contribution in [0.2, 0.25) is 5.02 Å². The zero-order chi connectivity index (χ0) is 10.2. The Hall–Kier alpha value is -0.600. The first-order valence-electron chi connectivity index (χ1n) is 4.82. The topological polar surface area (TPSA) is 26.0 Å². The standard InChI is InChI=1S/C11H13ClFN/c12-9-2-3-10(13)8(6-9)7-11(14)4-1-5-11/h2-3,6H,1,4-5,7,14H2. The first-order valence-corrected chi connectivity index (χ1v) is 5.20. The molecule has 1 aliphatic carbocycles. The van der Waals surface area contributed by atoms with Crippen LogP contribution in [0.4, 0.5) is 4.39 Å². The van der Waals surface area contributed by atoms with Crippen LogP contribution < -0.4 is 5.73 Å². The van der Waals surface area contributed by atoms with Gasteiger partial charge >= 0.3 is 0 Å². The fraction of sp³-hybridized carbons (Fsp3) is 0.455. The molecule has 0 atom stereocenters. The minimum absolute atomic E-state index is 0.189. The van der Waals surface area contributed by atoms with E-state index in [0.29, 0.717) is 17.0 Å². The highest BCUT2D eigenvalue weighted by atomic mass is 35.5. The summed E-state index contributed by atoms with van der Waals surface area (Å²) in [5, 5.41) is 0.573. The summed E-state index contributed by atoms with van der Waals surface area (Å²) in [6.45, 7) is 0. The molecule has 3 heteroatoms. The summed E-state index contributed by atoms with van der Waals surface area (Å²) in [4.78, 5) is 0. The van der Waals surface area contributed by atoms with Crippen molar-refractivity contribution in [1.29, 1.82) is 0 Å². The number of nitrogens with two attached hydrogens (primary N) is 1. The van der Waals surface area contributed by atoms with Crippen molar-refractivity contribution in [2.75, 3.05) is 0 Å². The first kappa shape index (κ1) is 9.94. The van der Waals surface area contributed by atoms with Gasteiger partial charge in [0.1, 0.15) is 5.82 Å². The predicted octanol–water partition coefficient (Wildman–Crippen LogP) is 2.90. The smallest absolute Gasteiger partial charge is 0.126 e. The predicted molar refractivity (Wildman–Crippen MR) is 55.9 cm³/mol. The molecule has 0 spiro atoms. The highest BCUT2D eigenvalue weighted by molar-refractivity contribution is 6.30. The van der Waals surface area contributed by atoms with Crippen LogP contribution in [0.15, 0.2) is 18.2 Å². The molecule has 1 nitrogen and oxygen atoms in total. The fourth-order valence-electron chi connectivity index (χ4n) is 1.87. The lowest BCUT2D eigenvalue weighted by atomic mass is 9.74. The zero-order valence-corrected chi connectivity index (χ0v) is 8.65. The van der Waals surface area contributed by atoms with Crippen LogP contribution >= 0.6 is 11.6 Å². The van der Waals surface area contributed by atoms with Gasteiger partial charge in [0.15, 0.2) is 0 Å². The Morgan fingerprint density at radius 1 is 1.43 bits per heavy atom. The molecule has 14 heavy (non-hydrogen) atoms. The van der Waals surface area contributed by atoms with Crippen molar-refractivity contribution in [2.24, 2.45) is 5.73 Å². The third-order valence-electron chi connectivity index (χ3n) is 2.90. The Kier molecular flexibility index (Phi) is 2.50. The van der Waals surface area contributed by atoms with Crippen LogP contribution in [0.3, 0.4) is 0 Å². The van der Waals surface area contributed by atoms with E-state index >= 15 is 0 Å². The van der Waals surface area contributed by atoms with Crippen molar-refractivity contribution in [3.05, 3.63) is 34.6 Å². The quantitative estimate of drug-likeness (QED) is 0.803. The maximum absolute atomic E-state index is 13.3. The van der Waals surface area contributed by atoms with Gasteiger partial charge < -0.3 is 5.73 Å². The van der Waals surface area contributed by atoms with E-state index in [1.54, 1.807) is 12.1 Å². The second kappa shape index (κ2) is 3.52. The molecule has 0 saturated heterocycles. The van der Waals surface area contributed by atoms with Crippen LogP contribution in [0.1, 0.15) is 24.8 Å². The molecule has 1 aliphatic rings. The van der Waals surface area contributed by atoms with Gasteiger partial charge in [0.05, 0.1) is 0 Å². The molecule has 0 amide bonds. The van der Waals surface area contributed by atoms with E-state index in [-0.39, 0.29) is 11.4 Å². The maximum atomic E-state index is 13.3. The molecule has 0 heterocycles. The summed E-state index contributed by atoms with van der Waals surface area (Å²) in [5.41, 5.74) is 6.49. The third-order valence-corrected chi connectivity index (χ3v) is 3.13. The molecule has 1 saturated carbocycles. The Balaban J connectivity index is 2.19. The molecule has 0 aromatic heterocycles. The maximum Gasteiger partial charge on any atom is 0.126 e. The molecule has 1 fully saturated rings. The van der Waals surface area contributed by atoms with Crippen LogP contribution in [0, 0.1) is 5.82 Å². The molecule has 0 unspecified atom stereocenters. The SMILES string of the molecule is NC1(Cc2cc(Cl)ccc2F)CCC1. The van der Waals surface area contributed by atoms with Gasteiger partial charge in [-0.15, -0.1) is 0 Å². The summed E-state index contributed by atoms with van der Waals surface area (Å²) >= 11 is 5.80. The van der Waals surface area contributed by atoms with Crippen molar-refractivity contribution in [2.45, 2.75) is 31.2 Å². The van der Waals surface area contributed by atoms with E-state index in [1.165, 1.54) is 6.07 Å². The molecule has 76 valence electrons. The highest BCUT2D eigenvalue weighted by Gasteiger charge is 2.33. The minimum Gasteiger partial charge on any atom is -0.325 e. The van der Waals surface area contributed by atoms with E-state index in [4.69, 9.17) is 17.3 Å². The molecule has 1 aromatic rings. The van der Waals surface area contributed by atoms with E-state index < -0.39 is 0 Å². The molecular formula is C11H13ClFN.